The van der Waals surface area contributed by atoms with Crippen LogP contribution in [0.2, 0.25) is 0 Å². The molecule has 4 rings (SSSR count). The van der Waals surface area contributed by atoms with Crippen molar-refractivity contribution in [2.45, 2.75) is 0 Å². The third-order valence-electron chi connectivity index (χ3n) is 3.68. The Balaban J connectivity index is 1.80. The second-order valence-electron chi connectivity index (χ2n) is 5.15. The fraction of sp³-hybridized carbons (Fsp3) is 0.0588. The Morgan fingerprint density at radius 1 is 1.09 bits per heavy atom. The van der Waals surface area contributed by atoms with Gasteiger partial charge in [0.05, 0.1) is 5.52 Å². The van der Waals surface area contributed by atoms with Crippen molar-refractivity contribution in [3.8, 4) is 23.0 Å². The molecule has 0 N–H and O–H groups in total. The molecule has 0 fully saturated rings. The summed E-state index contributed by atoms with van der Waals surface area (Å²) >= 11 is 0. The predicted octanol–water partition coefficient (Wildman–Crippen LogP) is 2.65. The predicted molar refractivity (Wildman–Crippen MR) is 85.7 cm³/mol. The molecule has 3 heterocycles. The van der Waals surface area contributed by atoms with Gasteiger partial charge in [-0.05, 0) is 18.2 Å². The highest BCUT2D eigenvalue weighted by atomic mass is 16.5. The smallest absolute Gasteiger partial charge is 0.274 e. The Hall–Kier alpha value is -3.28. The number of benzene rings is 1. The number of pyridine rings is 2. The highest BCUT2D eigenvalue weighted by Gasteiger charge is 2.13. The van der Waals surface area contributed by atoms with E-state index in [0.29, 0.717) is 17.4 Å². The van der Waals surface area contributed by atoms with Gasteiger partial charge in [-0.3, -0.25) is 9.78 Å². The van der Waals surface area contributed by atoms with Gasteiger partial charge in [-0.1, -0.05) is 29.4 Å². The molecule has 0 radical (unpaired) electrons. The maximum atomic E-state index is 11.7. The van der Waals surface area contributed by atoms with E-state index in [1.807, 2.05) is 30.3 Å². The molecule has 1 aromatic carbocycles. The standard InChI is InChI=1S/C17H12N4O2/c1-21-14(7-4-8-15(21)22)17-19-16(20-23-17)12-9-11-5-2-3-6-13(11)18-10-12/h2-10H,1H3. The monoisotopic (exact) mass is 304 g/mol. The number of para-hydroxylation sites is 1. The van der Waals surface area contributed by atoms with Crippen LogP contribution in [0.15, 0.2) is 64.0 Å². The molecule has 112 valence electrons. The second kappa shape index (κ2) is 5.17. The van der Waals surface area contributed by atoms with Gasteiger partial charge in [0.1, 0.15) is 5.69 Å². The summed E-state index contributed by atoms with van der Waals surface area (Å²) in [5.74, 6) is 0.739. The number of nitrogens with zero attached hydrogens (tertiary/aromatic N) is 4. The van der Waals surface area contributed by atoms with E-state index in [1.165, 1.54) is 10.6 Å². The number of rotatable bonds is 2. The topological polar surface area (TPSA) is 73.8 Å². The summed E-state index contributed by atoms with van der Waals surface area (Å²) in [6.07, 6.45) is 1.71. The summed E-state index contributed by atoms with van der Waals surface area (Å²) in [4.78, 5) is 20.5. The summed E-state index contributed by atoms with van der Waals surface area (Å²) in [5.41, 5.74) is 2.12. The van der Waals surface area contributed by atoms with E-state index in [2.05, 4.69) is 15.1 Å². The van der Waals surface area contributed by atoms with Gasteiger partial charge in [0, 0.05) is 30.3 Å². The van der Waals surface area contributed by atoms with Crippen molar-refractivity contribution in [2.24, 2.45) is 7.05 Å². The average molecular weight is 304 g/mol. The second-order valence-corrected chi connectivity index (χ2v) is 5.15. The summed E-state index contributed by atoms with van der Waals surface area (Å²) < 4.78 is 6.77. The molecule has 0 aliphatic rings. The van der Waals surface area contributed by atoms with Crippen LogP contribution < -0.4 is 5.56 Å². The zero-order valence-corrected chi connectivity index (χ0v) is 12.3. The largest absolute Gasteiger partial charge is 0.332 e. The molecule has 0 spiro atoms. The zero-order valence-electron chi connectivity index (χ0n) is 12.3. The Kier molecular flexibility index (Phi) is 3.01. The van der Waals surface area contributed by atoms with E-state index in [1.54, 1.807) is 25.4 Å². The van der Waals surface area contributed by atoms with Crippen molar-refractivity contribution in [3.63, 3.8) is 0 Å². The number of aromatic nitrogens is 4. The number of hydrogen-bond donors (Lipinski definition) is 0. The van der Waals surface area contributed by atoms with Gasteiger partial charge in [0.15, 0.2) is 0 Å². The SMILES string of the molecule is Cn1c(-c2nc(-c3cnc4ccccc4c3)no2)cccc1=O. The highest BCUT2D eigenvalue weighted by molar-refractivity contribution is 5.82. The summed E-state index contributed by atoms with van der Waals surface area (Å²) in [7, 11) is 1.67. The van der Waals surface area contributed by atoms with Crippen LogP contribution in [0.1, 0.15) is 0 Å². The normalized spacial score (nSPS) is 11.0. The van der Waals surface area contributed by atoms with Gasteiger partial charge in [-0.15, -0.1) is 0 Å². The van der Waals surface area contributed by atoms with Crippen LogP contribution in [0.3, 0.4) is 0 Å². The van der Waals surface area contributed by atoms with E-state index in [9.17, 15) is 4.79 Å². The molecule has 4 aromatic rings. The quantitative estimate of drug-likeness (QED) is 0.569. The van der Waals surface area contributed by atoms with Gasteiger partial charge in [-0.2, -0.15) is 4.98 Å². The minimum absolute atomic E-state index is 0.130. The third-order valence-corrected chi connectivity index (χ3v) is 3.68. The fourth-order valence-electron chi connectivity index (χ4n) is 2.42. The average Bonchev–Trinajstić information content (AvgIpc) is 3.07. The lowest BCUT2D eigenvalue weighted by atomic mass is 10.1. The lowest BCUT2D eigenvalue weighted by molar-refractivity contribution is 0.429. The van der Waals surface area contributed by atoms with E-state index >= 15 is 0 Å². The number of hydrogen-bond acceptors (Lipinski definition) is 5. The van der Waals surface area contributed by atoms with E-state index in [4.69, 9.17) is 4.52 Å². The molecule has 6 nitrogen and oxygen atoms in total. The van der Waals surface area contributed by atoms with Crippen LogP contribution in [0.5, 0.6) is 0 Å². The molecule has 0 unspecified atom stereocenters. The van der Waals surface area contributed by atoms with Crippen molar-refractivity contribution in [3.05, 3.63) is 65.1 Å². The Morgan fingerprint density at radius 2 is 1.96 bits per heavy atom. The van der Waals surface area contributed by atoms with Crippen molar-refractivity contribution in [1.29, 1.82) is 0 Å². The maximum Gasteiger partial charge on any atom is 0.274 e. The molecule has 6 heteroatoms. The van der Waals surface area contributed by atoms with Gasteiger partial charge in [-0.25, -0.2) is 0 Å². The van der Waals surface area contributed by atoms with E-state index in [0.717, 1.165) is 16.5 Å². The van der Waals surface area contributed by atoms with Crippen LogP contribution in [0, 0.1) is 0 Å². The first-order chi connectivity index (χ1) is 11.2. The first kappa shape index (κ1) is 13.4. The molecule has 23 heavy (non-hydrogen) atoms. The summed E-state index contributed by atoms with van der Waals surface area (Å²) in [5, 5.41) is 5.00. The first-order valence-corrected chi connectivity index (χ1v) is 7.08. The lowest BCUT2D eigenvalue weighted by Crippen LogP contribution is -2.16. The van der Waals surface area contributed by atoms with Crippen molar-refractivity contribution in [1.82, 2.24) is 19.7 Å². The first-order valence-electron chi connectivity index (χ1n) is 7.08. The van der Waals surface area contributed by atoms with Crippen molar-refractivity contribution in [2.75, 3.05) is 0 Å². The minimum atomic E-state index is -0.130. The Bertz CT molecular complexity index is 1070. The molecule has 0 aliphatic carbocycles. The Morgan fingerprint density at radius 3 is 2.87 bits per heavy atom. The number of fused-ring (bicyclic) bond motifs is 1. The van der Waals surface area contributed by atoms with Crippen LogP contribution in [-0.4, -0.2) is 19.7 Å². The Labute approximate surface area is 131 Å². The van der Waals surface area contributed by atoms with Crippen molar-refractivity contribution >= 4 is 10.9 Å². The third kappa shape index (κ3) is 2.30. The van der Waals surface area contributed by atoms with Crippen LogP contribution >= 0.6 is 0 Å². The molecular weight excluding hydrogens is 292 g/mol. The molecule has 0 saturated heterocycles. The van der Waals surface area contributed by atoms with Crippen molar-refractivity contribution < 1.29 is 4.52 Å². The van der Waals surface area contributed by atoms with Gasteiger partial charge < -0.3 is 9.09 Å². The molecule has 0 bridgehead atoms. The van der Waals surface area contributed by atoms with Gasteiger partial charge in [0.25, 0.3) is 11.4 Å². The molecule has 0 amide bonds. The fourth-order valence-corrected chi connectivity index (χ4v) is 2.42. The lowest BCUT2D eigenvalue weighted by Gasteiger charge is -2.01. The summed E-state index contributed by atoms with van der Waals surface area (Å²) in [6, 6.07) is 14.7. The van der Waals surface area contributed by atoms with Crippen LogP contribution in [0.4, 0.5) is 0 Å². The molecule has 0 saturated carbocycles. The van der Waals surface area contributed by atoms with Crippen LogP contribution in [-0.2, 0) is 7.05 Å². The van der Waals surface area contributed by atoms with E-state index in [-0.39, 0.29) is 5.56 Å². The van der Waals surface area contributed by atoms with E-state index < -0.39 is 0 Å². The van der Waals surface area contributed by atoms with Crippen LogP contribution in [0.25, 0.3) is 33.9 Å². The molecule has 0 atom stereocenters. The maximum absolute atomic E-state index is 11.7. The van der Waals surface area contributed by atoms with Gasteiger partial charge in [0.2, 0.25) is 5.82 Å². The zero-order chi connectivity index (χ0) is 15.8. The molecule has 0 aliphatic heterocycles. The molecular formula is C17H12N4O2. The minimum Gasteiger partial charge on any atom is -0.332 e. The highest BCUT2D eigenvalue weighted by Crippen LogP contribution is 2.23. The van der Waals surface area contributed by atoms with Gasteiger partial charge >= 0.3 is 0 Å². The molecule has 3 aromatic heterocycles. The summed E-state index contributed by atoms with van der Waals surface area (Å²) in [6.45, 7) is 0.